The van der Waals surface area contributed by atoms with Gasteiger partial charge in [0.05, 0.1) is 23.4 Å². The molecule has 4 rings (SSSR count). The van der Waals surface area contributed by atoms with Crippen molar-refractivity contribution in [1.29, 1.82) is 0 Å². The number of carbonyl (C=O) groups is 1. The van der Waals surface area contributed by atoms with E-state index in [1.54, 1.807) is 10.9 Å². The SMILES string of the molecule is Cc1cc(C)cc(-n2ncc3c(OCC(=O)NC4CCS(=O)(=O)C4)ncnc32)c1. The minimum absolute atomic E-state index is 0.0286. The lowest BCUT2D eigenvalue weighted by Gasteiger charge is -2.11. The maximum atomic E-state index is 12.1. The van der Waals surface area contributed by atoms with E-state index in [2.05, 4.69) is 26.4 Å². The molecule has 1 unspecified atom stereocenters. The molecule has 0 aliphatic carbocycles. The van der Waals surface area contributed by atoms with Crippen molar-refractivity contribution >= 4 is 26.8 Å². The first-order valence-corrected chi connectivity index (χ1v) is 11.0. The van der Waals surface area contributed by atoms with E-state index < -0.39 is 9.84 Å². The highest BCUT2D eigenvalue weighted by atomic mass is 32.2. The number of hydrogen-bond acceptors (Lipinski definition) is 7. The number of aryl methyl sites for hydroxylation is 2. The Bertz CT molecular complexity index is 1170. The molecule has 1 N–H and O–H groups in total. The summed E-state index contributed by atoms with van der Waals surface area (Å²) in [7, 11) is -3.05. The van der Waals surface area contributed by atoms with Crippen molar-refractivity contribution in [3.8, 4) is 11.6 Å². The Labute approximate surface area is 168 Å². The first-order valence-electron chi connectivity index (χ1n) is 9.21. The third-order valence-corrected chi connectivity index (χ3v) is 6.49. The van der Waals surface area contributed by atoms with Gasteiger partial charge in [0, 0.05) is 6.04 Å². The van der Waals surface area contributed by atoms with Crippen LogP contribution in [0.4, 0.5) is 0 Å². The Balaban J connectivity index is 1.50. The number of rotatable bonds is 5. The zero-order valence-corrected chi connectivity index (χ0v) is 16.9. The molecule has 1 aliphatic heterocycles. The average Bonchev–Trinajstić information content (AvgIpc) is 3.22. The molecule has 1 saturated heterocycles. The summed E-state index contributed by atoms with van der Waals surface area (Å²) in [6, 6.07) is 5.72. The molecule has 1 aromatic carbocycles. The van der Waals surface area contributed by atoms with Crippen molar-refractivity contribution in [2.45, 2.75) is 26.3 Å². The third kappa shape index (κ3) is 4.21. The van der Waals surface area contributed by atoms with Crippen LogP contribution in [-0.4, -0.2) is 58.2 Å². The molecule has 0 radical (unpaired) electrons. The summed E-state index contributed by atoms with van der Waals surface area (Å²) in [5.41, 5.74) is 3.67. The van der Waals surface area contributed by atoms with Gasteiger partial charge in [0.15, 0.2) is 22.1 Å². The lowest BCUT2D eigenvalue weighted by Crippen LogP contribution is -2.38. The van der Waals surface area contributed by atoms with Gasteiger partial charge in [0.1, 0.15) is 11.7 Å². The number of carbonyl (C=O) groups excluding carboxylic acids is 1. The minimum Gasteiger partial charge on any atom is -0.467 e. The molecule has 0 saturated carbocycles. The van der Waals surface area contributed by atoms with Gasteiger partial charge in [-0.05, 0) is 43.5 Å². The number of sulfone groups is 1. The van der Waals surface area contributed by atoms with Crippen molar-refractivity contribution in [1.82, 2.24) is 25.1 Å². The van der Waals surface area contributed by atoms with Crippen LogP contribution in [0.1, 0.15) is 17.5 Å². The second kappa shape index (κ2) is 7.43. The normalized spacial score (nSPS) is 18.1. The second-order valence-corrected chi connectivity index (χ2v) is 9.50. The van der Waals surface area contributed by atoms with Gasteiger partial charge in [0.2, 0.25) is 5.88 Å². The summed E-state index contributed by atoms with van der Waals surface area (Å²) in [6.07, 6.45) is 3.39. The highest BCUT2D eigenvalue weighted by molar-refractivity contribution is 7.91. The molecule has 2 aromatic heterocycles. The quantitative estimate of drug-likeness (QED) is 0.664. The average molecular weight is 415 g/mol. The minimum atomic E-state index is -3.05. The zero-order chi connectivity index (χ0) is 20.6. The summed E-state index contributed by atoms with van der Waals surface area (Å²) in [5.74, 6) is -0.0670. The van der Waals surface area contributed by atoms with Gasteiger partial charge in [-0.15, -0.1) is 0 Å². The number of fused-ring (bicyclic) bond motifs is 1. The van der Waals surface area contributed by atoms with Crippen LogP contribution in [0.25, 0.3) is 16.7 Å². The smallest absolute Gasteiger partial charge is 0.258 e. The van der Waals surface area contributed by atoms with E-state index in [1.807, 2.05) is 26.0 Å². The Kier molecular flexibility index (Phi) is 4.95. The topological polar surface area (TPSA) is 116 Å². The largest absolute Gasteiger partial charge is 0.467 e. The molecule has 1 amide bonds. The molecule has 0 spiro atoms. The van der Waals surface area contributed by atoms with Gasteiger partial charge in [-0.3, -0.25) is 4.79 Å². The van der Waals surface area contributed by atoms with E-state index in [9.17, 15) is 13.2 Å². The molecule has 29 heavy (non-hydrogen) atoms. The van der Waals surface area contributed by atoms with Crippen molar-refractivity contribution in [3.63, 3.8) is 0 Å². The fourth-order valence-electron chi connectivity index (χ4n) is 3.51. The summed E-state index contributed by atoms with van der Waals surface area (Å²) < 4.78 is 30.3. The van der Waals surface area contributed by atoms with Crippen molar-refractivity contribution < 1.29 is 17.9 Å². The zero-order valence-electron chi connectivity index (χ0n) is 16.1. The third-order valence-electron chi connectivity index (χ3n) is 4.72. The van der Waals surface area contributed by atoms with Gasteiger partial charge < -0.3 is 10.1 Å². The molecule has 10 heteroatoms. The van der Waals surface area contributed by atoms with Crippen LogP contribution in [0.3, 0.4) is 0 Å². The van der Waals surface area contributed by atoms with E-state index in [0.717, 1.165) is 16.8 Å². The van der Waals surface area contributed by atoms with Crippen molar-refractivity contribution in [3.05, 3.63) is 41.9 Å². The van der Waals surface area contributed by atoms with E-state index in [1.165, 1.54) is 6.33 Å². The molecule has 9 nitrogen and oxygen atoms in total. The first-order chi connectivity index (χ1) is 13.8. The predicted molar refractivity (Wildman–Crippen MR) is 107 cm³/mol. The van der Waals surface area contributed by atoms with Crippen LogP contribution >= 0.6 is 0 Å². The Morgan fingerprint density at radius 3 is 2.69 bits per heavy atom. The number of nitrogens with one attached hydrogen (secondary N) is 1. The maximum Gasteiger partial charge on any atom is 0.258 e. The Morgan fingerprint density at radius 2 is 2.00 bits per heavy atom. The molecule has 1 atom stereocenters. The molecule has 0 bridgehead atoms. The number of ether oxygens (including phenoxy) is 1. The molecular weight excluding hydrogens is 394 g/mol. The number of benzene rings is 1. The standard InChI is InChI=1S/C19H21N5O4S/c1-12-5-13(2)7-15(6-12)24-18-16(8-22-24)19(21-11-20-18)28-9-17(25)23-14-3-4-29(26,27)10-14/h5-8,11,14H,3-4,9-10H2,1-2H3,(H,23,25). The lowest BCUT2D eigenvalue weighted by atomic mass is 10.1. The first kappa shape index (κ1) is 19.3. The molecule has 1 fully saturated rings. The maximum absolute atomic E-state index is 12.1. The van der Waals surface area contributed by atoms with Crippen LogP contribution in [-0.2, 0) is 14.6 Å². The molecule has 3 heterocycles. The van der Waals surface area contributed by atoms with Crippen LogP contribution < -0.4 is 10.1 Å². The Morgan fingerprint density at radius 1 is 1.24 bits per heavy atom. The highest BCUT2D eigenvalue weighted by Gasteiger charge is 2.29. The van der Waals surface area contributed by atoms with Gasteiger partial charge in [-0.2, -0.15) is 5.10 Å². The van der Waals surface area contributed by atoms with E-state index in [-0.39, 0.29) is 35.9 Å². The van der Waals surface area contributed by atoms with Crippen LogP contribution in [0, 0.1) is 13.8 Å². The van der Waals surface area contributed by atoms with Gasteiger partial charge in [-0.25, -0.2) is 23.1 Å². The molecular formula is C19H21N5O4S. The molecule has 152 valence electrons. The molecule has 3 aromatic rings. The highest BCUT2D eigenvalue weighted by Crippen LogP contribution is 2.24. The van der Waals surface area contributed by atoms with Gasteiger partial charge >= 0.3 is 0 Å². The van der Waals surface area contributed by atoms with E-state index in [4.69, 9.17) is 4.74 Å². The van der Waals surface area contributed by atoms with E-state index in [0.29, 0.717) is 17.5 Å². The fraction of sp³-hybridized carbons (Fsp3) is 0.368. The molecule has 1 aliphatic rings. The monoisotopic (exact) mass is 415 g/mol. The van der Waals surface area contributed by atoms with Crippen LogP contribution in [0.2, 0.25) is 0 Å². The Hall–Kier alpha value is -3.01. The van der Waals surface area contributed by atoms with Gasteiger partial charge in [-0.1, -0.05) is 6.07 Å². The predicted octanol–water partition coefficient (Wildman–Crippen LogP) is 1.11. The summed E-state index contributed by atoms with van der Waals surface area (Å²) in [4.78, 5) is 20.5. The van der Waals surface area contributed by atoms with Crippen LogP contribution in [0.5, 0.6) is 5.88 Å². The summed E-state index contributed by atoms with van der Waals surface area (Å²) in [6.45, 7) is 3.76. The number of aromatic nitrogens is 4. The summed E-state index contributed by atoms with van der Waals surface area (Å²) in [5, 5.41) is 7.68. The van der Waals surface area contributed by atoms with Crippen molar-refractivity contribution in [2.75, 3.05) is 18.1 Å². The fourth-order valence-corrected chi connectivity index (χ4v) is 5.18. The lowest BCUT2D eigenvalue weighted by molar-refractivity contribution is -0.123. The second-order valence-electron chi connectivity index (χ2n) is 7.27. The number of hydrogen-bond donors (Lipinski definition) is 1. The van der Waals surface area contributed by atoms with Crippen molar-refractivity contribution in [2.24, 2.45) is 0 Å². The number of nitrogens with zero attached hydrogens (tertiary/aromatic N) is 4. The van der Waals surface area contributed by atoms with E-state index >= 15 is 0 Å². The summed E-state index contributed by atoms with van der Waals surface area (Å²) >= 11 is 0. The van der Waals surface area contributed by atoms with Crippen LogP contribution in [0.15, 0.2) is 30.7 Å². The number of amides is 1. The van der Waals surface area contributed by atoms with Gasteiger partial charge in [0.25, 0.3) is 5.91 Å².